The Morgan fingerprint density at radius 2 is 1.38 bits per heavy atom. The summed E-state index contributed by atoms with van der Waals surface area (Å²) in [5.74, 6) is 0. The van der Waals surface area contributed by atoms with Crippen molar-refractivity contribution in [1.29, 1.82) is 0 Å². The van der Waals surface area contributed by atoms with Crippen LogP contribution in [0.1, 0.15) is 39.5 Å². The van der Waals surface area contributed by atoms with Crippen LogP contribution in [-0.4, -0.2) is 13.2 Å². The largest absolute Gasteiger partial charge is 2.00 e. The maximum atomic E-state index is 10.9. The van der Waals surface area contributed by atoms with Gasteiger partial charge in [-0.2, -0.15) is 0 Å². The number of hydrogen-bond acceptors (Lipinski definition) is 3. The quantitative estimate of drug-likeness (QED) is 0.486. The molecule has 0 unspecified atom stereocenters. The summed E-state index contributed by atoms with van der Waals surface area (Å²) in [6.07, 6.45) is 3.99. The molecule has 0 N–H and O–H groups in total. The Balaban J connectivity index is 0. The van der Waals surface area contributed by atoms with Gasteiger partial charge in [-0.1, -0.05) is 26.7 Å². The van der Waals surface area contributed by atoms with Crippen molar-refractivity contribution in [3.8, 4) is 0 Å². The van der Waals surface area contributed by atoms with Crippen LogP contribution in [0.4, 0.5) is 0 Å². The second-order valence-electron chi connectivity index (χ2n) is 2.60. The summed E-state index contributed by atoms with van der Waals surface area (Å²) < 4.78 is 9.83. The Kier molecular flexibility index (Phi) is 16.1. The standard InChI is InChI=1S/C8H18O3P.Cr/c1-3-5-7-10-12(9)11-8-6-4-2;/h3-8H2,1-2H3;/q-1;+2. The molecule has 0 radical (unpaired) electrons. The van der Waals surface area contributed by atoms with E-state index in [-0.39, 0.29) is 17.4 Å². The predicted octanol–water partition coefficient (Wildman–Crippen LogP) is 2.20. The Labute approximate surface area is 92.9 Å². The van der Waals surface area contributed by atoms with E-state index >= 15 is 0 Å². The first-order valence-corrected chi connectivity index (χ1v) is 5.63. The molecule has 0 spiro atoms. The van der Waals surface area contributed by atoms with Crippen molar-refractivity contribution in [1.82, 2.24) is 0 Å². The molecule has 0 amide bonds. The minimum Gasteiger partial charge on any atom is -0.786 e. The van der Waals surface area contributed by atoms with Gasteiger partial charge in [-0.3, -0.25) is 0 Å². The zero-order valence-corrected chi connectivity index (χ0v) is 10.5. The van der Waals surface area contributed by atoms with E-state index in [0.29, 0.717) is 13.2 Å². The van der Waals surface area contributed by atoms with Gasteiger partial charge in [0, 0.05) is 0 Å². The molecule has 5 heteroatoms. The molecular weight excluding hydrogens is 227 g/mol. The fraction of sp³-hybridized carbons (Fsp3) is 1.00. The van der Waals surface area contributed by atoms with Crippen LogP contribution in [0, 0.1) is 0 Å². The van der Waals surface area contributed by atoms with E-state index in [0.717, 1.165) is 25.7 Å². The van der Waals surface area contributed by atoms with Gasteiger partial charge in [-0.25, -0.2) is 0 Å². The van der Waals surface area contributed by atoms with Crippen LogP contribution in [0.25, 0.3) is 0 Å². The minimum absolute atomic E-state index is 0. The van der Waals surface area contributed by atoms with E-state index in [1.165, 1.54) is 0 Å². The average Bonchev–Trinajstić information content (AvgIpc) is 2.06. The molecule has 0 aliphatic heterocycles. The predicted molar refractivity (Wildman–Crippen MR) is 48.6 cm³/mol. The van der Waals surface area contributed by atoms with Gasteiger partial charge >= 0.3 is 17.4 Å². The monoisotopic (exact) mass is 245 g/mol. The van der Waals surface area contributed by atoms with E-state index in [2.05, 4.69) is 13.8 Å². The number of rotatable bonds is 8. The molecule has 13 heavy (non-hydrogen) atoms. The third-order valence-corrected chi connectivity index (χ3v) is 2.18. The van der Waals surface area contributed by atoms with Gasteiger partial charge in [0.25, 0.3) is 0 Å². The Hall–Kier alpha value is 0.842. The minimum atomic E-state index is -1.85. The van der Waals surface area contributed by atoms with Crippen LogP contribution in [0.3, 0.4) is 0 Å². The van der Waals surface area contributed by atoms with Crippen LogP contribution < -0.4 is 4.89 Å². The van der Waals surface area contributed by atoms with E-state index in [1.54, 1.807) is 0 Å². The van der Waals surface area contributed by atoms with Crippen molar-refractivity contribution in [2.75, 3.05) is 13.2 Å². The van der Waals surface area contributed by atoms with E-state index in [1.807, 2.05) is 0 Å². The first-order valence-electron chi connectivity index (χ1n) is 4.54. The molecule has 0 atom stereocenters. The first-order chi connectivity index (χ1) is 5.81. The second kappa shape index (κ2) is 12.8. The van der Waals surface area contributed by atoms with Gasteiger partial charge in [0.05, 0.1) is 21.8 Å². The first kappa shape index (κ1) is 16.3. The fourth-order valence-electron chi connectivity index (χ4n) is 0.604. The molecule has 0 heterocycles. The Morgan fingerprint density at radius 3 is 1.69 bits per heavy atom. The Bertz CT molecular complexity index is 85.5. The van der Waals surface area contributed by atoms with Gasteiger partial charge < -0.3 is 13.9 Å². The molecule has 0 fully saturated rings. The second-order valence-corrected chi connectivity index (χ2v) is 3.56. The molecule has 0 aromatic carbocycles. The summed E-state index contributed by atoms with van der Waals surface area (Å²) in [6, 6.07) is 0. The molecule has 3 nitrogen and oxygen atoms in total. The van der Waals surface area contributed by atoms with Crippen molar-refractivity contribution in [2.45, 2.75) is 39.5 Å². The summed E-state index contributed by atoms with van der Waals surface area (Å²) in [6.45, 7) is 5.21. The van der Waals surface area contributed by atoms with Crippen molar-refractivity contribution in [3.63, 3.8) is 0 Å². The van der Waals surface area contributed by atoms with Crippen molar-refractivity contribution in [2.24, 2.45) is 0 Å². The van der Waals surface area contributed by atoms with Crippen molar-refractivity contribution in [3.05, 3.63) is 0 Å². The van der Waals surface area contributed by atoms with Crippen LogP contribution in [0.5, 0.6) is 0 Å². The maximum absolute atomic E-state index is 10.9. The summed E-state index contributed by atoms with van der Waals surface area (Å²) in [7, 11) is -1.85. The molecule has 0 bridgehead atoms. The van der Waals surface area contributed by atoms with E-state index < -0.39 is 8.60 Å². The van der Waals surface area contributed by atoms with E-state index in [9.17, 15) is 4.89 Å². The summed E-state index contributed by atoms with van der Waals surface area (Å²) in [4.78, 5) is 10.9. The van der Waals surface area contributed by atoms with Crippen LogP contribution in [0.15, 0.2) is 0 Å². The topological polar surface area (TPSA) is 41.5 Å². The molecule has 0 aliphatic carbocycles. The molecule has 0 saturated carbocycles. The molecule has 0 saturated heterocycles. The molecule has 0 aliphatic rings. The summed E-state index contributed by atoms with van der Waals surface area (Å²) in [5, 5.41) is 0. The van der Waals surface area contributed by atoms with Crippen LogP contribution in [-0.2, 0) is 26.4 Å². The van der Waals surface area contributed by atoms with Gasteiger partial charge in [0.2, 0.25) is 0 Å². The third-order valence-electron chi connectivity index (χ3n) is 1.39. The van der Waals surface area contributed by atoms with Crippen LogP contribution in [0.2, 0.25) is 0 Å². The molecule has 0 aromatic heterocycles. The van der Waals surface area contributed by atoms with Crippen LogP contribution >= 0.6 is 8.60 Å². The fourth-order valence-corrected chi connectivity index (χ4v) is 1.23. The number of hydrogen-bond donors (Lipinski definition) is 0. The van der Waals surface area contributed by atoms with Gasteiger partial charge in [-0.05, 0) is 12.8 Å². The van der Waals surface area contributed by atoms with E-state index in [4.69, 9.17) is 9.05 Å². The summed E-state index contributed by atoms with van der Waals surface area (Å²) >= 11 is 0. The maximum Gasteiger partial charge on any atom is 2.00 e. The molecule has 0 rings (SSSR count). The normalized spacial score (nSPS) is 10.2. The smallest absolute Gasteiger partial charge is 0.786 e. The SMILES string of the molecule is CCCCOP([O-])OCCCC.[Cr+2]. The average molecular weight is 245 g/mol. The Morgan fingerprint density at radius 1 is 1.00 bits per heavy atom. The van der Waals surface area contributed by atoms with Crippen molar-refractivity contribution >= 4 is 8.60 Å². The molecule has 78 valence electrons. The molecule has 0 aromatic rings. The van der Waals surface area contributed by atoms with Gasteiger partial charge in [-0.15, -0.1) is 0 Å². The van der Waals surface area contributed by atoms with Crippen molar-refractivity contribution < 1.29 is 31.3 Å². The number of unbranched alkanes of at least 4 members (excludes halogenated alkanes) is 2. The third kappa shape index (κ3) is 12.8. The zero-order valence-electron chi connectivity index (χ0n) is 8.32. The van der Waals surface area contributed by atoms with Gasteiger partial charge in [0.15, 0.2) is 0 Å². The summed E-state index contributed by atoms with van der Waals surface area (Å²) in [5.41, 5.74) is 0. The molecular formula is C8H18CrO3P+. The van der Waals surface area contributed by atoms with Gasteiger partial charge in [0.1, 0.15) is 0 Å². The zero-order chi connectivity index (χ0) is 9.23.